The Labute approximate surface area is 164 Å². The molecule has 142 valence electrons. The number of rotatable bonds is 5. The number of benzene rings is 2. The zero-order valence-electron chi connectivity index (χ0n) is 15.7. The van der Waals surface area contributed by atoms with E-state index in [4.69, 9.17) is 11.6 Å². The summed E-state index contributed by atoms with van der Waals surface area (Å²) < 4.78 is 0. The second-order valence-corrected chi connectivity index (χ2v) is 7.46. The van der Waals surface area contributed by atoms with Crippen LogP contribution in [0.15, 0.2) is 42.5 Å². The van der Waals surface area contributed by atoms with Crippen molar-refractivity contribution in [3.8, 4) is 0 Å². The summed E-state index contributed by atoms with van der Waals surface area (Å²) in [6.07, 6.45) is 0. The third-order valence-electron chi connectivity index (χ3n) is 4.98. The molecule has 0 saturated carbocycles. The fourth-order valence-corrected chi connectivity index (χ4v) is 3.58. The van der Waals surface area contributed by atoms with E-state index in [1.165, 1.54) is 4.90 Å². The molecule has 0 bridgehead atoms. The molecule has 27 heavy (non-hydrogen) atoms. The number of hydrogen-bond acceptors (Lipinski definition) is 3. The first kappa shape index (κ1) is 19.4. The summed E-state index contributed by atoms with van der Waals surface area (Å²) in [7, 11) is 0. The largest absolute Gasteiger partial charge is 0.360 e. The Morgan fingerprint density at radius 2 is 1.78 bits per heavy atom. The van der Waals surface area contributed by atoms with E-state index >= 15 is 0 Å². The molecule has 2 N–H and O–H groups in total. The minimum Gasteiger partial charge on any atom is -0.360 e. The predicted octanol–water partition coefficient (Wildman–Crippen LogP) is 2.19. The van der Waals surface area contributed by atoms with Crippen molar-refractivity contribution in [3.05, 3.63) is 58.6 Å². The van der Waals surface area contributed by atoms with Crippen LogP contribution in [-0.2, 0) is 4.79 Å². The predicted molar refractivity (Wildman–Crippen MR) is 109 cm³/mol. The average molecular weight is 387 g/mol. The summed E-state index contributed by atoms with van der Waals surface area (Å²) in [6.45, 7) is 7.56. The molecule has 2 aromatic rings. The molecule has 1 fully saturated rings. The number of halogens is 1. The zero-order valence-corrected chi connectivity index (χ0v) is 16.5. The van der Waals surface area contributed by atoms with Crippen molar-refractivity contribution in [2.75, 3.05) is 42.9 Å². The van der Waals surface area contributed by atoms with Crippen LogP contribution in [0.5, 0.6) is 0 Å². The first-order valence-electron chi connectivity index (χ1n) is 9.18. The highest BCUT2D eigenvalue weighted by molar-refractivity contribution is 6.30. The van der Waals surface area contributed by atoms with Gasteiger partial charge in [0, 0.05) is 22.0 Å². The quantitative estimate of drug-likeness (QED) is 0.774. The van der Waals surface area contributed by atoms with Gasteiger partial charge in [0.05, 0.1) is 26.2 Å². The Hall–Kier alpha value is -2.37. The molecule has 0 atom stereocenters. The van der Waals surface area contributed by atoms with Gasteiger partial charge >= 0.3 is 0 Å². The lowest BCUT2D eigenvalue weighted by Crippen LogP contribution is -3.15. The van der Waals surface area contributed by atoms with E-state index in [0.29, 0.717) is 11.6 Å². The molecule has 6 heteroatoms. The molecule has 0 radical (unpaired) electrons. The van der Waals surface area contributed by atoms with Crippen LogP contribution in [0.25, 0.3) is 0 Å². The number of carbonyl (C=O) groups excluding carboxylic acids is 2. The molecule has 1 aliphatic heterocycles. The van der Waals surface area contributed by atoms with E-state index in [0.717, 1.165) is 48.7 Å². The molecular weight excluding hydrogens is 362 g/mol. The first-order valence-corrected chi connectivity index (χ1v) is 9.55. The number of carbonyl (C=O) groups is 2. The minimum atomic E-state index is 0.0229. The highest BCUT2D eigenvalue weighted by Crippen LogP contribution is 2.19. The lowest BCUT2D eigenvalue weighted by atomic mass is 10.1. The molecule has 5 nitrogen and oxygen atoms in total. The molecule has 0 unspecified atom stereocenters. The van der Waals surface area contributed by atoms with Gasteiger partial charge in [-0.3, -0.25) is 9.59 Å². The molecule has 1 heterocycles. The SMILES string of the molecule is CC(=O)c1ccc(N2CC[NH+](CC(=O)Nc3ccc(Cl)cc3C)CC2)cc1. The Balaban J connectivity index is 1.50. The van der Waals surface area contributed by atoms with Crippen LogP contribution in [0, 0.1) is 6.92 Å². The van der Waals surface area contributed by atoms with Gasteiger partial charge in [0.1, 0.15) is 0 Å². The molecule has 0 aromatic heterocycles. The normalized spacial score (nSPS) is 14.9. The summed E-state index contributed by atoms with van der Waals surface area (Å²) in [5.74, 6) is 0.104. The monoisotopic (exact) mass is 386 g/mol. The Bertz CT molecular complexity index is 828. The number of anilines is 2. The number of nitrogens with one attached hydrogen (secondary N) is 2. The van der Waals surface area contributed by atoms with Gasteiger partial charge in [0.15, 0.2) is 12.3 Å². The van der Waals surface area contributed by atoms with Crippen LogP contribution < -0.4 is 15.1 Å². The highest BCUT2D eigenvalue weighted by atomic mass is 35.5. The van der Waals surface area contributed by atoms with Gasteiger partial charge in [-0.15, -0.1) is 0 Å². The average Bonchev–Trinajstić information content (AvgIpc) is 2.65. The Morgan fingerprint density at radius 1 is 1.11 bits per heavy atom. The molecule has 1 aliphatic rings. The molecule has 2 aromatic carbocycles. The number of amides is 1. The van der Waals surface area contributed by atoms with Gasteiger partial charge < -0.3 is 15.1 Å². The van der Waals surface area contributed by atoms with Crippen molar-refractivity contribution in [1.29, 1.82) is 0 Å². The van der Waals surface area contributed by atoms with Crippen LogP contribution >= 0.6 is 11.6 Å². The summed E-state index contributed by atoms with van der Waals surface area (Å²) in [4.78, 5) is 27.3. The summed E-state index contributed by atoms with van der Waals surface area (Å²) in [5, 5.41) is 3.65. The topological polar surface area (TPSA) is 53.9 Å². The highest BCUT2D eigenvalue weighted by Gasteiger charge is 2.22. The number of ketones is 1. The van der Waals surface area contributed by atoms with Gasteiger partial charge in [0.2, 0.25) is 0 Å². The van der Waals surface area contributed by atoms with E-state index in [-0.39, 0.29) is 11.7 Å². The summed E-state index contributed by atoms with van der Waals surface area (Å²) in [5.41, 5.74) is 3.63. The number of piperazine rings is 1. The van der Waals surface area contributed by atoms with E-state index in [1.54, 1.807) is 13.0 Å². The molecule has 0 spiro atoms. The van der Waals surface area contributed by atoms with Gasteiger partial charge in [-0.05, 0) is 61.9 Å². The van der Waals surface area contributed by atoms with E-state index in [2.05, 4.69) is 10.2 Å². The van der Waals surface area contributed by atoms with Gasteiger partial charge in [-0.25, -0.2) is 0 Å². The van der Waals surface area contributed by atoms with Gasteiger partial charge in [-0.2, -0.15) is 0 Å². The van der Waals surface area contributed by atoms with Crippen LogP contribution in [0.2, 0.25) is 5.02 Å². The smallest absolute Gasteiger partial charge is 0.279 e. The van der Waals surface area contributed by atoms with Crippen molar-refractivity contribution in [3.63, 3.8) is 0 Å². The maximum absolute atomic E-state index is 12.4. The molecule has 3 rings (SSSR count). The third-order valence-corrected chi connectivity index (χ3v) is 5.22. The van der Waals surface area contributed by atoms with Crippen LogP contribution in [0.3, 0.4) is 0 Å². The summed E-state index contributed by atoms with van der Waals surface area (Å²) in [6, 6.07) is 13.2. The number of nitrogens with zero attached hydrogens (tertiary/aromatic N) is 1. The van der Waals surface area contributed by atoms with Gasteiger partial charge in [-0.1, -0.05) is 11.6 Å². The van der Waals surface area contributed by atoms with Crippen molar-refractivity contribution >= 4 is 34.7 Å². The molecule has 1 saturated heterocycles. The van der Waals surface area contributed by atoms with Crippen LogP contribution in [0.4, 0.5) is 11.4 Å². The maximum atomic E-state index is 12.4. The van der Waals surface area contributed by atoms with Crippen LogP contribution in [0.1, 0.15) is 22.8 Å². The maximum Gasteiger partial charge on any atom is 0.279 e. The van der Waals surface area contributed by atoms with Crippen LogP contribution in [-0.4, -0.2) is 44.4 Å². The number of aryl methyl sites for hydroxylation is 1. The minimum absolute atomic E-state index is 0.0229. The number of hydrogen-bond donors (Lipinski definition) is 2. The van der Waals surface area contributed by atoms with Crippen molar-refractivity contribution in [2.45, 2.75) is 13.8 Å². The van der Waals surface area contributed by atoms with Crippen molar-refractivity contribution in [1.82, 2.24) is 0 Å². The fraction of sp³-hybridized carbons (Fsp3) is 0.333. The molecular formula is C21H25ClN3O2+. The Morgan fingerprint density at radius 3 is 2.37 bits per heavy atom. The fourth-order valence-electron chi connectivity index (χ4n) is 3.35. The van der Waals surface area contributed by atoms with Crippen molar-refractivity contribution in [2.24, 2.45) is 0 Å². The standard InChI is InChI=1S/C21H24ClN3O2/c1-15-13-18(22)5-8-20(15)23-21(27)14-24-9-11-25(12-10-24)19-6-3-17(4-7-19)16(2)26/h3-8,13H,9-12,14H2,1-2H3,(H,23,27)/p+1. The Kier molecular flexibility index (Phi) is 6.14. The second-order valence-electron chi connectivity index (χ2n) is 7.02. The lowest BCUT2D eigenvalue weighted by Gasteiger charge is -2.33. The second kappa shape index (κ2) is 8.55. The van der Waals surface area contributed by atoms with E-state index in [1.807, 2.05) is 43.3 Å². The zero-order chi connectivity index (χ0) is 19.4. The number of Topliss-reactive ketones (excluding diaryl/α,β-unsaturated/α-hetero) is 1. The summed E-state index contributed by atoms with van der Waals surface area (Å²) >= 11 is 5.96. The van der Waals surface area contributed by atoms with E-state index < -0.39 is 0 Å². The van der Waals surface area contributed by atoms with Gasteiger partial charge in [0.25, 0.3) is 5.91 Å². The van der Waals surface area contributed by atoms with E-state index in [9.17, 15) is 9.59 Å². The van der Waals surface area contributed by atoms with Crippen molar-refractivity contribution < 1.29 is 14.5 Å². The number of quaternary nitrogens is 1. The first-order chi connectivity index (χ1) is 12.9. The third kappa shape index (κ3) is 5.08. The molecule has 0 aliphatic carbocycles. The lowest BCUT2D eigenvalue weighted by molar-refractivity contribution is -0.892. The molecule has 1 amide bonds.